The second-order valence-electron chi connectivity index (χ2n) is 4.98. The average Bonchev–Trinajstić information content (AvgIpc) is 2.47. The Kier molecular flexibility index (Phi) is 3.47. The van der Waals surface area contributed by atoms with E-state index in [9.17, 15) is 9.59 Å². The van der Waals surface area contributed by atoms with E-state index in [4.69, 9.17) is 9.15 Å². The minimum Gasteiger partial charge on any atom is -0.463 e. The van der Waals surface area contributed by atoms with Crippen LogP contribution < -0.4 is 15.1 Å². The van der Waals surface area contributed by atoms with E-state index in [2.05, 4.69) is 4.98 Å². The van der Waals surface area contributed by atoms with Crippen LogP contribution in [0.4, 0.5) is 0 Å². The van der Waals surface area contributed by atoms with Gasteiger partial charge in [0, 0.05) is 19.1 Å². The van der Waals surface area contributed by atoms with Crippen molar-refractivity contribution in [3.05, 3.63) is 58.6 Å². The number of fused-ring (bicyclic) bond motifs is 1. The first-order valence-corrected chi connectivity index (χ1v) is 6.78. The molecule has 0 bridgehead atoms. The van der Waals surface area contributed by atoms with Crippen molar-refractivity contribution in [3.63, 3.8) is 0 Å². The Morgan fingerprint density at radius 3 is 2.77 bits per heavy atom. The normalized spacial score (nSPS) is 10.6. The predicted molar refractivity (Wildman–Crippen MR) is 80.5 cm³/mol. The van der Waals surface area contributed by atoms with Crippen LogP contribution in [0.1, 0.15) is 12.5 Å². The minimum atomic E-state index is -0.483. The molecule has 0 fully saturated rings. The molecule has 0 amide bonds. The molecule has 1 aromatic carbocycles. The third kappa shape index (κ3) is 2.48. The van der Waals surface area contributed by atoms with Gasteiger partial charge in [-0.25, -0.2) is 4.98 Å². The van der Waals surface area contributed by atoms with Crippen LogP contribution in [0.3, 0.4) is 0 Å². The second kappa shape index (κ2) is 5.44. The molecule has 1 N–H and O–H groups in total. The fourth-order valence-electron chi connectivity index (χ4n) is 2.33. The highest BCUT2D eigenvalue weighted by Gasteiger charge is 2.18. The molecule has 3 rings (SSSR count). The molecule has 3 aromatic rings. The molecular weight excluding hydrogens is 282 g/mol. The van der Waals surface area contributed by atoms with Gasteiger partial charge in [0.1, 0.15) is 28.5 Å². The number of esters is 1. The molecule has 110 valence electrons. The van der Waals surface area contributed by atoms with E-state index >= 15 is 0 Å². The Balaban J connectivity index is 2.32. The summed E-state index contributed by atoms with van der Waals surface area (Å²) in [6.45, 7) is 3.13. The monoisotopic (exact) mass is 296 g/mol. The summed E-state index contributed by atoms with van der Waals surface area (Å²) < 4.78 is 10.7. The first kappa shape index (κ1) is 14.0. The SMILES string of the molecule is CC(=O)Oc1cc(C)cc2occ(-c3cccc[nH+]3)c(=O)c12. The van der Waals surface area contributed by atoms with Crippen molar-refractivity contribution in [2.24, 2.45) is 0 Å². The fourth-order valence-corrected chi connectivity index (χ4v) is 2.33. The van der Waals surface area contributed by atoms with Crippen molar-refractivity contribution >= 4 is 16.9 Å². The van der Waals surface area contributed by atoms with Gasteiger partial charge in [-0.05, 0) is 30.7 Å². The van der Waals surface area contributed by atoms with Gasteiger partial charge < -0.3 is 9.15 Å². The molecule has 0 saturated heterocycles. The van der Waals surface area contributed by atoms with Crippen LogP contribution in [0.5, 0.6) is 5.75 Å². The van der Waals surface area contributed by atoms with E-state index in [1.807, 2.05) is 19.1 Å². The number of benzene rings is 1. The maximum atomic E-state index is 12.8. The summed E-state index contributed by atoms with van der Waals surface area (Å²) in [5.41, 5.74) is 1.99. The van der Waals surface area contributed by atoms with Crippen molar-refractivity contribution < 1.29 is 18.9 Å². The zero-order chi connectivity index (χ0) is 15.7. The lowest BCUT2D eigenvalue weighted by molar-refractivity contribution is -0.364. The number of pyridine rings is 1. The smallest absolute Gasteiger partial charge is 0.308 e. The van der Waals surface area contributed by atoms with Crippen molar-refractivity contribution in [1.29, 1.82) is 0 Å². The maximum Gasteiger partial charge on any atom is 0.308 e. The van der Waals surface area contributed by atoms with Gasteiger partial charge in [-0.1, -0.05) is 0 Å². The summed E-state index contributed by atoms with van der Waals surface area (Å²) in [6, 6.07) is 8.80. The lowest BCUT2D eigenvalue weighted by Crippen LogP contribution is -2.14. The Labute approximate surface area is 126 Å². The Hall–Kier alpha value is -2.95. The summed E-state index contributed by atoms with van der Waals surface area (Å²) in [7, 11) is 0. The molecule has 0 aliphatic heterocycles. The van der Waals surface area contributed by atoms with Gasteiger partial charge in [0.15, 0.2) is 6.20 Å². The molecular formula is C17H14NO4+. The van der Waals surface area contributed by atoms with Crippen LogP contribution in [0, 0.1) is 6.92 Å². The molecule has 5 heteroatoms. The van der Waals surface area contributed by atoms with Crippen LogP contribution in [0.15, 0.2) is 52.0 Å². The van der Waals surface area contributed by atoms with E-state index in [1.165, 1.54) is 13.2 Å². The highest BCUT2D eigenvalue weighted by atomic mass is 16.5. The summed E-state index contributed by atoms with van der Waals surface area (Å²) >= 11 is 0. The number of nitrogens with one attached hydrogen (secondary N) is 1. The number of aromatic amines is 1. The van der Waals surface area contributed by atoms with E-state index < -0.39 is 5.97 Å². The van der Waals surface area contributed by atoms with E-state index in [1.54, 1.807) is 24.4 Å². The summed E-state index contributed by atoms with van der Waals surface area (Å²) in [5.74, 6) is -0.267. The number of carbonyl (C=O) groups is 1. The van der Waals surface area contributed by atoms with Gasteiger partial charge in [0.25, 0.3) is 0 Å². The molecule has 0 spiro atoms. The van der Waals surface area contributed by atoms with Crippen LogP contribution in [-0.2, 0) is 4.79 Å². The first-order chi connectivity index (χ1) is 10.6. The number of hydrogen-bond donors (Lipinski definition) is 0. The number of H-pyrrole nitrogens is 1. The molecule has 0 unspecified atom stereocenters. The number of rotatable bonds is 2. The third-order valence-electron chi connectivity index (χ3n) is 3.24. The maximum absolute atomic E-state index is 12.8. The number of carbonyl (C=O) groups excluding carboxylic acids is 1. The minimum absolute atomic E-state index is 0.217. The zero-order valence-corrected chi connectivity index (χ0v) is 12.2. The van der Waals surface area contributed by atoms with Crippen LogP contribution >= 0.6 is 0 Å². The summed E-state index contributed by atoms with van der Waals surface area (Å²) in [5, 5.41) is 0.260. The van der Waals surface area contributed by atoms with Crippen LogP contribution in [-0.4, -0.2) is 5.97 Å². The molecule has 0 atom stereocenters. The number of ether oxygens (including phenoxy) is 1. The van der Waals surface area contributed by atoms with Crippen LogP contribution in [0.25, 0.3) is 22.2 Å². The highest BCUT2D eigenvalue weighted by molar-refractivity contribution is 5.89. The number of hydrogen-bond acceptors (Lipinski definition) is 4. The average molecular weight is 296 g/mol. The Morgan fingerprint density at radius 2 is 2.09 bits per heavy atom. The highest BCUT2D eigenvalue weighted by Crippen LogP contribution is 2.27. The molecule has 0 aliphatic carbocycles. The number of aromatic nitrogens is 1. The van der Waals surface area contributed by atoms with Crippen molar-refractivity contribution in [3.8, 4) is 17.0 Å². The van der Waals surface area contributed by atoms with E-state index in [-0.39, 0.29) is 16.6 Å². The van der Waals surface area contributed by atoms with Crippen molar-refractivity contribution in [2.75, 3.05) is 0 Å². The van der Waals surface area contributed by atoms with Crippen LogP contribution in [0.2, 0.25) is 0 Å². The molecule has 2 aromatic heterocycles. The second-order valence-corrected chi connectivity index (χ2v) is 4.98. The zero-order valence-electron chi connectivity index (χ0n) is 12.2. The lowest BCUT2D eigenvalue weighted by Gasteiger charge is -2.07. The fraction of sp³-hybridized carbons (Fsp3) is 0.118. The Morgan fingerprint density at radius 1 is 1.27 bits per heavy atom. The van der Waals surface area contributed by atoms with E-state index in [0.29, 0.717) is 16.8 Å². The lowest BCUT2D eigenvalue weighted by atomic mass is 10.1. The van der Waals surface area contributed by atoms with E-state index in [0.717, 1.165) is 5.56 Å². The van der Waals surface area contributed by atoms with Crippen molar-refractivity contribution in [1.82, 2.24) is 0 Å². The first-order valence-electron chi connectivity index (χ1n) is 6.78. The largest absolute Gasteiger partial charge is 0.463 e. The molecule has 0 aliphatic rings. The van der Waals surface area contributed by atoms with Crippen molar-refractivity contribution in [2.45, 2.75) is 13.8 Å². The van der Waals surface area contributed by atoms with Gasteiger partial charge in [-0.3, -0.25) is 9.59 Å². The third-order valence-corrected chi connectivity index (χ3v) is 3.24. The standard InChI is InChI=1S/C17H13NO4/c1-10-7-14-16(15(8-10)22-11(2)19)17(20)12(9-21-14)13-5-3-4-6-18-13/h3-9H,1-2H3/p+1. The molecule has 0 radical (unpaired) electrons. The summed E-state index contributed by atoms with van der Waals surface area (Å²) in [6.07, 6.45) is 3.13. The van der Waals surface area contributed by atoms with Gasteiger partial charge >= 0.3 is 5.97 Å². The molecule has 0 saturated carbocycles. The molecule has 2 heterocycles. The topological polar surface area (TPSA) is 70.7 Å². The molecule has 22 heavy (non-hydrogen) atoms. The molecule has 5 nitrogen and oxygen atoms in total. The van der Waals surface area contributed by atoms with Gasteiger partial charge in [0.05, 0.1) is 0 Å². The van der Waals surface area contributed by atoms with Gasteiger partial charge in [0.2, 0.25) is 11.1 Å². The predicted octanol–water partition coefficient (Wildman–Crippen LogP) is 2.51. The quantitative estimate of drug-likeness (QED) is 0.538. The summed E-state index contributed by atoms with van der Waals surface area (Å²) in [4.78, 5) is 27.0. The van der Waals surface area contributed by atoms with Gasteiger partial charge in [-0.2, -0.15) is 0 Å². The van der Waals surface area contributed by atoms with Gasteiger partial charge in [-0.15, -0.1) is 0 Å². The Bertz CT molecular complexity index is 913. The number of aryl methyl sites for hydroxylation is 1.